The Morgan fingerprint density at radius 1 is 1.43 bits per heavy atom. The smallest absolute Gasteiger partial charge is 0.269 e. The summed E-state index contributed by atoms with van der Waals surface area (Å²) in [5.41, 5.74) is 1.17. The molecule has 76 valence electrons. The lowest BCUT2D eigenvalue weighted by molar-refractivity contribution is -0.384. The van der Waals surface area contributed by atoms with Gasteiger partial charge >= 0.3 is 0 Å². The molecule has 0 radical (unpaired) electrons. The molecule has 0 saturated carbocycles. The van der Waals surface area contributed by atoms with Gasteiger partial charge in [0.1, 0.15) is 0 Å². The van der Waals surface area contributed by atoms with Gasteiger partial charge in [-0.15, -0.1) is 0 Å². The van der Waals surface area contributed by atoms with Gasteiger partial charge in [0.2, 0.25) is 0 Å². The fourth-order valence-corrected chi connectivity index (χ4v) is 2.17. The SMILES string of the molecule is COSSCc1ccc([N+](=O)[O-])cc1. The second-order valence-electron chi connectivity index (χ2n) is 2.42. The highest BCUT2D eigenvalue weighted by Gasteiger charge is 2.03. The minimum Gasteiger partial charge on any atom is -0.308 e. The van der Waals surface area contributed by atoms with Crippen LogP contribution < -0.4 is 0 Å². The summed E-state index contributed by atoms with van der Waals surface area (Å²) in [6, 6.07) is 6.52. The molecule has 0 bridgehead atoms. The molecular weight excluding hydrogens is 222 g/mol. The van der Waals surface area contributed by atoms with Gasteiger partial charge in [0.15, 0.2) is 0 Å². The molecule has 1 rings (SSSR count). The zero-order valence-corrected chi connectivity index (χ0v) is 9.14. The van der Waals surface area contributed by atoms with Crippen molar-refractivity contribution in [2.45, 2.75) is 5.75 Å². The molecule has 0 N–H and O–H groups in total. The summed E-state index contributed by atoms with van der Waals surface area (Å²) in [4.78, 5) is 9.95. The maximum atomic E-state index is 10.3. The average Bonchev–Trinajstić information content (AvgIpc) is 2.19. The Morgan fingerprint density at radius 3 is 2.57 bits per heavy atom. The molecule has 0 aliphatic heterocycles. The Labute approximate surface area is 89.8 Å². The molecule has 0 amide bonds. The molecule has 0 aromatic heterocycles. The molecule has 0 saturated heterocycles. The van der Waals surface area contributed by atoms with Crippen molar-refractivity contribution < 1.29 is 9.11 Å². The Morgan fingerprint density at radius 2 is 2.07 bits per heavy atom. The van der Waals surface area contributed by atoms with E-state index in [1.165, 1.54) is 23.2 Å². The molecule has 0 heterocycles. The average molecular weight is 231 g/mol. The first-order chi connectivity index (χ1) is 6.74. The van der Waals surface area contributed by atoms with Crippen LogP contribution in [0.25, 0.3) is 0 Å². The number of hydrogen-bond donors (Lipinski definition) is 0. The number of non-ortho nitro benzene ring substituents is 1. The number of hydrogen-bond acceptors (Lipinski definition) is 5. The zero-order chi connectivity index (χ0) is 10.4. The number of nitro benzene ring substituents is 1. The Balaban J connectivity index is 2.51. The van der Waals surface area contributed by atoms with E-state index in [4.69, 9.17) is 4.18 Å². The van der Waals surface area contributed by atoms with E-state index in [0.29, 0.717) is 0 Å². The number of rotatable bonds is 5. The van der Waals surface area contributed by atoms with Crippen LogP contribution in [0.15, 0.2) is 24.3 Å². The summed E-state index contributed by atoms with van der Waals surface area (Å²) in [6.45, 7) is 0. The van der Waals surface area contributed by atoms with Crippen LogP contribution in [0.3, 0.4) is 0 Å². The standard InChI is InChI=1S/C8H9NO3S2/c1-12-14-13-6-7-2-4-8(5-3-7)9(10)11/h2-5H,6H2,1H3. The van der Waals surface area contributed by atoms with Crippen molar-refractivity contribution in [2.75, 3.05) is 7.11 Å². The van der Waals surface area contributed by atoms with Gasteiger partial charge in [0.05, 0.1) is 23.1 Å². The van der Waals surface area contributed by atoms with Gasteiger partial charge in [-0.05, 0) is 5.56 Å². The summed E-state index contributed by atoms with van der Waals surface area (Å²) in [7, 11) is 3.15. The van der Waals surface area contributed by atoms with Gasteiger partial charge < -0.3 is 4.18 Å². The fraction of sp³-hybridized carbons (Fsp3) is 0.250. The van der Waals surface area contributed by atoms with Crippen LogP contribution >= 0.6 is 21.9 Å². The highest BCUT2D eigenvalue weighted by Crippen LogP contribution is 2.26. The summed E-state index contributed by atoms with van der Waals surface area (Å²) in [5.74, 6) is 0.774. The first-order valence-electron chi connectivity index (χ1n) is 3.79. The van der Waals surface area contributed by atoms with E-state index in [1.54, 1.807) is 30.0 Å². The third-order valence-electron chi connectivity index (χ3n) is 1.49. The maximum absolute atomic E-state index is 10.3. The van der Waals surface area contributed by atoms with Crippen molar-refractivity contribution in [3.8, 4) is 0 Å². The van der Waals surface area contributed by atoms with Crippen molar-refractivity contribution >= 4 is 27.6 Å². The molecule has 0 fully saturated rings. The molecule has 0 atom stereocenters. The van der Waals surface area contributed by atoms with Gasteiger partial charge in [-0.1, -0.05) is 22.9 Å². The number of nitro groups is 1. The van der Waals surface area contributed by atoms with Crippen molar-refractivity contribution in [1.29, 1.82) is 0 Å². The summed E-state index contributed by atoms with van der Waals surface area (Å²) in [5, 5.41) is 10.3. The first-order valence-corrected chi connectivity index (χ1v) is 6.04. The molecule has 0 aliphatic carbocycles. The lowest BCUT2D eigenvalue weighted by Gasteiger charge is -1.98. The molecule has 14 heavy (non-hydrogen) atoms. The highest BCUT2D eigenvalue weighted by molar-refractivity contribution is 8.74. The predicted molar refractivity (Wildman–Crippen MR) is 59.0 cm³/mol. The lowest BCUT2D eigenvalue weighted by Crippen LogP contribution is -1.87. The van der Waals surface area contributed by atoms with Gasteiger partial charge in [-0.25, -0.2) is 0 Å². The summed E-state index contributed by atoms with van der Waals surface area (Å²) in [6.07, 6.45) is 0. The van der Waals surface area contributed by atoms with Crippen molar-refractivity contribution in [1.82, 2.24) is 0 Å². The van der Waals surface area contributed by atoms with Crippen LogP contribution in [0.4, 0.5) is 5.69 Å². The minimum atomic E-state index is -0.402. The maximum Gasteiger partial charge on any atom is 0.269 e. The third kappa shape index (κ3) is 3.57. The van der Waals surface area contributed by atoms with Crippen LogP contribution in [0.1, 0.15) is 5.56 Å². The molecular formula is C8H9NO3S2. The van der Waals surface area contributed by atoms with E-state index in [9.17, 15) is 10.1 Å². The van der Waals surface area contributed by atoms with Gasteiger partial charge in [0, 0.05) is 17.9 Å². The Hall–Kier alpha value is -0.720. The number of benzene rings is 1. The van der Waals surface area contributed by atoms with Crippen molar-refractivity contribution in [3.05, 3.63) is 39.9 Å². The second kappa shape index (κ2) is 5.90. The molecule has 6 heteroatoms. The second-order valence-corrected chi connectivity index (χ2v) is 4.53. The first kappa shape index (κ1) is 11.4. The van der Waals surface area contributed by atoms with E-state index >= 15 is 0 Å². The molecule has 0 aliphatic rings. The van der Waals surface area contributed by atoms with Gasteiger partial charge in [-0.2, -0.15) is 0 Å². The van der Waals surface area contributed by atoms with Crippen molar-refractivity contribution in [2.24, 2.45) is 0 Å². The van der Waals surface area contributed by atoms with Crippen LogP contribution in [-0.4, -0.2) is 12.0 Å². The van der Waals surface area contributed by atoms with Crippen LogP contribution in [0.5, 0.6) is 0 Å². The predicted octanol–water partition coefficient (Wildman–Crippen LogP) is 3.04. The topological polar surface area (TPSA) is 52.4 Å². The quantitative estimate of drug-likeness (QED) is 0.256. The lowest BCUT2D eigenvalue weighted by atomic mass is 10.2. The molecule has 4 nitrogen and oxygen atoms in total. The number of nitrogens with zero attached hydrogens (tertiary/aromatic N) is 1. The van der Waals surface area contributed by atoms with E-state index < -0.39 is 4.92 Å². The Kier molecular flexibility index (Phi) is 4.78. The Bertz CT molecular complexity index is 302. The van der Waals surface area contributed by atoms with E-state index in [0.717, 1.165) is 11.3 Å². The van der Waals surface area contributed by atoms with E-state index in [1.807, 2.05) is 0 Å². The third-order valence-corrected chi connectivity index (χ3v) is 3.22. The van der Waals surface area contributed by atoms with Crippen LogP contribution in [-0.2, 0) is 9.94 Å². The fourth-order valence-electron chi connectivity index (χ4n) is 0.854. The van der Waals surface area contributed by atoms with Crippen LogP contribution in [0.2, 0.25) is 0 Å². The van der Waals surface area contributed by atoms with Gasteiger partial charge in [-0.3, -0.25) is 10.1 Å². The van der Waals surface area contributed by atoms with Crippen molar-refractivity contribution in [3.63, 3.8) is 0 Å². The summed E-state index contributed by atoms with van der Waals surface area (Å²) >= 11 is 1.30. The van der Waals surface area contributed by atoms with E-state index in [-0.39, 0.29) is 5.69 Å². The molecule has 1 aromatic rings. The normalized spacial score (nSPS) is 10.1. The van der Waals surface area contributed by atoms with E-state index in [2.05, 4.69) is 0 Å². The molecule has 1 aromatic carbocycles. The zero-order valence-electron chi connectivity index (χ0n) is 7.50. The van der Waals surface area contributed by atoms with Gasteiger partial charge in [0.25, 0.3) is 5.69 Å². The monoisotopic (exact) mass is 231 g/mol. The van der Waals surface area contributed by atoms with Crippen LogP contribution in [0, 0.1) is 10.1 Å². The highest BCUT2D eigenvalue weighted by atomic mass is 33.1. The summed E-state index contributed by atoms with van der Waals surface area (Å²) < 4.78 is 4.80. The minimum absolute atomic E-state index is 0.123. The molecule has 0 unspecified atom stereocenters. The molecule has 0 spiro atoms. The largest absolute Gasteiger partial charge is 0.308 e.